The Hall–Kier alpha value is -1.73. The zero-order valence-corrected chi connectivity index (χ0v) is 15.8. The predicted octanol–water partition coefficient (Wildman–Crippen LogP) is 2.17. The minimum Gasteiger partial charge on any atom is -0.464 e. The van der Waals surface area contributed by atoms with Crippen LogP contribution in [0.5, 0.6) is 0 Å². The Labute approximate surface area is 153 Å². The molecule has 26 heavy (non-hydrogen) atoms. The molecule has 2 heterocycles. The topological polar surface area (TPSA) is 60.8 Å². The Morgan fingerprint density at radius 2 is 2.04 bits per heavy atom. The maximum absolute atomic E-state index is 13.0. The van der Waals surface area contributed by atoms with Crippen molar-refractivity contribution < 1.29 is 18.7 Å². The van der Waals surface area contributed by atoms with Crippen LogP contribution in [0.25, 0.3) is 0 Å². The van der Waals surface area contributed by atoms with Gasteiger partial charge in [0, 0.05) is 52.0 Å². The van der Waals surface area contributed by atoms with Gasteiger partial charge in [0.05, 0.1) is 6.61 Å². The van der Waals surface area contributed by atoms with Gasteiger partial charge in [0.25, 0.3) is 5.56 Å². The number of hydrogen-bond donors (Lipinski definition) is 0. The van der Waals surface area contributed by atoms with Crippen molar-refractivity contribution in [3.05, 3.63) is 34.2 Å². The third-order valence-corrected chi connectivity index (χ3v) is 4.36. The molecule has 0 aromatic carbocycles. The standard InChI is InChI=1S/C19H29FN2O4/c1-14(2)9-17(19(24)26-8-4-7-25-3)22-11-15(5-6-18(22)23)10-21-12-16(20)13-21/h5-6,11,14,16-17H,4,7-10,12-13H2,1-3H3. The number of esters is 1. The van der Waals surface area contributed by atoms with Crippen LogP contribution >= 0.6 is 0 Å². The molecule has 1 atom stereocenters. The van der Waals surface area contributed by atoms with Crippen LogP contribution in [0.3, 0.4) is 0 Å². The van der Waals surface area contributed by atoms with Gasteiger partial charge in [0.1, 0.15) is 12.2 Å². The van der Waals surface area contributed by atoms with Crippen LogP contribution in [0, 0.1) is 5.92 Å². The van der Waals surface area contributed by atoms with E-state index in [1.165, 1.54) is 10.6 Å². The van der Waals surface area contributed by atoms with Gasteiger partial charge < -0.3 is 14.0 Å². The van der Waals surface area contributed by atoms with Crippen molar-refractivity contribution in [3.8, 4) is 0 Å². The van der Waals surface area contributed by atoms with Gasteiger partial charge in [-0.15, -0.1) is 0 Å². The van der Waals surface area contributed by atoms with Gasteiger partial charge in [-0.05, 0) is 17.9 Å². The summed E-state index contributed by atoms with van der Waals surface area (Å²) < 4.78 is 24.8. The van der Waals surface area contributed by atoms with Crippen LogP contribution in [0.2, 0.25) is 0 Å². The molecule has 0 radical (unpaired) electrons. The van der Waals surface area contributed by atoms with Crippen LogP contribution in [0.1, 0.15) is 38.3 Å². The second kappa shape index (κ2) is 9.83. The first-order chi connectivity index (χ1) is 12.4. The summed E-state index contributed by atoms with van der Waals surface area (Å²) in [7, 11) is 1.59. The molecule has 0 aliphatic carbocycles. The lowest BCUT2D eigenvalue weighted by Gasteiger charge is -2.34. The van der Waals surface area contributed by atoms with Crippen molar-refractivity contribution in [1.29, 1.82) is 0 Å². The van der Waals surface area contributed by atoms with Gasteiger partial charge in [0.15, 0.2) is 0 Å². The van der Waals surface area contributed by atoms with Crippen LogP contribution in [0.4, 0.5) is 4.39 Å². The van der Waals surface area contributed by atoms with E-state index in [2.05, 4.69) is 0 Å². The lowest BCUT2D eigenvalue weighted by Crippen LogP contribution is -2.47. The zero-order chi connectivity index (χ0) is 19.1. The molecule has 0 bridgehead atoms. The van der Waals surface area contributed by atoms with Crippen LogP contribution in [-0.2, 0) is 20.8 Å². The summed E-state index contributed by atoms with van der Waals surface area (Å²) in [4.78, 5) is 26.9. The molecule has 0 amide bonds. The SMILES string of the molecule is COCCCOC(=O)C(CC(C)C)n1cc(CN2CC(F)C2)ccc1=O. The molecule has 6 nitrogen and oxygen atoms in total. The number of carbonyl (C=O) groups is 1. The normalized spacial score (nSPS) is 16.5. The fraction of sp³-hybridized carbons (Fsp3) is 0.684. The van der Waals surface area contributed by atoms with Gasteiger partial charge in [-0.1, -0.05) is 19.9 Å². The molecule has 1 aliphatic heterocycles. The highest BCUT2D eigenvalue weighted by Crippen LogP contribution is 2.20. The Morgan fingerprint density at radius 1 is 1.31 bits per heavy atom. The maximum Gasteiger partial charge on any atom is 0.329 e. The van der Waals surface area contributed by atoms with Crippen molar-refractivity contribution in [2.45, 2.75) is 45.4 Å². The van der Waals surface area contributed by atoms with E-state index in [1.807, 2.05) is 18.7 Å². The summed E-state index contributed by atoms with van der Waals surface area (Å²) in [5.41, 5.74) is 0.651. The first-order valence-corrected chi connectivity index (χ1v) is 9.13. The van der Waals surface area contributed by atoms with Crippen LogP contribution in [-0.4, -0.2) is 55.0 Å². The summed E-state index contributed by atoms with van der Waals surface area (Å²) in [6.07, 6.45) is 2.07. The highest BCUT2D eigenvalue weighted by molar-refractivity contribution is 5.74. The summed E-state index contributed by atoms with van der Waals surface area (Å²) in [5.74, 6) is -0.174. The third-order valence-electron chi connectivity index (χ3n) is 4.36. The average Bonchev–Trinajstić information content (AvgIpc) is 2.56. The molecule has 146 valence electrons. The number of aromatic nitrogens is 1. The van der Waals surface area contributed by atoms with E-state index < -0.39 is 18.2 Å². The van der Waals surface area contributed by atoms with E-state index in [4.69, 9.17) is 9.47 Å². The summed E-state index contributed by atoms with van der Waals surface area (Å²) in [6, 6.07) is 2.55. The molecule has 0 spiro atoms. The van der Waals surface area contributed by atoms with Gasteiger partial charge >= 0.3 is 5.97 Å². The Morgan fingerprint density at radius 3 is 2.65 bits per heavy atom. The molecular weight excluding hydrogens is 339 g/mol. The number of methoxy groups -OCH3 is 1. The highest BCUT2D eigenvalue weighted by atomic mass is 19.1. The smallest absolute Gasteiger partial charge is 0.329 e. The minimum atomic E-state index is -0.767. The molecule has 1 aliphatic rings. The molecular formula is C19H29FN2O4. The van der Waals surface area contributed by atoms with Gasteiger partial charge in [0.2, 0.25) is 0 Å². The second-order valence-electron chi connectivity index (χ2n) is 7.23. The zero-order valence-electron chi connectivity index (χ0n) is 15.8. The third kappa shape index (κ3) is 5.92. The van der Waals surface area contributed by atoms with E-state index >= 15 is 0 Å². The number of hydrogen-bond acceptors (Lipinski definition) is 5. The Balaban J connectivity index is 2.12. The van der Waals surface area contributed by atoms with Crippen molar-refractivity contribution >= 4 is 5.97 Å². The maximum atomic E-state index is 13.0. The monoisotopic (exact) mass is 368 g/mol. The van der Waals surface area contributed by atoms with E-state index in [1.54, 1.807) is 19.4 Å². The lowest BCUT2D eigenvalue weighted by atomic mass is 10.0. The molecule has 1 fully saturated rings. The van der Waals surface area contributed by atoms with E-state index in [0.717, 1.165) is 5.56 Å². The van der Waals surface area contributed by atoms with Gasteiger partial charge in [-0.3, -0.25) is 9.69 Å². The number of rotatable bonds is 10. The summed E-state index contributed by atoms with van der Waals surface area (Å²) in [5, 5.41) is 0. The van der Waals surface area contributed by atoms with Crippen molar-refractivity contribution in [1.82, 2.24) is 9.47 Å². The van der Waals surface area contributed by atoms with Crippen molar-refractivity contribution in [3.63, 3.8) is 0 Å². The lowest BCUT2D eigenvalue weighted by molar-refractivity contribution is -0.148. The number of halogens is 1. The molecule has 0 saturated carbocycles. The highest BCUT2D eigenvalue weighted by Gasteiger charge is 2.27. The fourth-order valence-electron chi connectivity index (χ4n) is 3.02. The van der Waals surface area contributed by atoms with Crippen LogP contribution in [0.15, 0.2) is 23.1 Å². The number of likely N-dealkylation sites (tertiary alicyclic amines) is 1. The molecule has 1 aromatic rings. The predicted molar refractivity (Wildman–Crippen MR) is 96.8 cm³/mol. The number of carbonyl (C=O) groups excluding carboxylic acids is 1. The van der Waals surface area contributed by atoms with E-state index in [9.17, 15) is 14.0 Å². The van der Waals surface area contributed by atoms with Crippen molar-refractivity contribution in [2.75, 3.05) is 33.4 Å². The average molecular weight is 368 g/mol. The first kappa shape index (κ1) is 20.6. The van der Waals surface area contributed by atoms with E-state index in [-0.39, 0.29) is 18.1 Å². The molecule has 2 rings (SSSR count). The second-order valence-corrected chi connectivity index (χ2v) is 7.23. The van der Waals surface area contributed by atoms with Crippen LogP contribution < -0.4 is 5.56 Å². The van der Waals surface area contributed by atoms with E-state index in [0.29, 0.717) is 39.1 Å². The number of nitrogens with zero attached hydrogens (tertiary/aromatic N) is 2. The molecule has 0 N–H and O–H groups in total. The molecule has 1 unspecified atom stereocenters. The quantitative estimate of drug-likeness (QED) is 0.468. The Kier molecular flexibility index (Phi) is 7.78. The largest absolute Gasteiger partial charge is 0.464 e. The number of ether oxygens (including phenoxy) is 2. The first-order valence-electron chi connectivity index (χ1n) is 9.13. The molecule has 1 saturated heterocycles. The minimum absolute atomic E-state index is 0.227. The molecule has 7 heteroatoms. The van der Waals surface area contributed by atoms with Crippen molar-refractivity contribution in [2.24, 2.45) is 5.92 Å². The fourth-order valence-corrected chi connectivity index (χ4v) is 3.02. The summed E-state index contributed by atoms with van der Waals surface area (Å²) in [6.45, 7) is 6.18. The summed E-state index contributed by atoms with van der Waals surface area (Å²) >= 11 is 0. The van der Waals surface area contributed by atoms with Gasteiger partial charge in [-0.25, -0.2) is 9.18 Å². The molecule has 1 aromatic heterocycles. The number of pyridine rings is 1. The Bertz CT molecular complexity index is 641. The number of alkyl halides is 1. The van der Waals surface area contributed by atoms with Gasteiger partial charge in [-0.2, -0.15) is 0 Å².